The molecule has 7 heteroatoms. The van der Waals surface area contributed by atoms with Crippen LogP contribution in [-0.4, -0.2) is 37.9 Å². The topological polar surface area (TPSA) is 83.9 Å². The molecule has 1 aliphatic heterocycles. The summed E-state index contributed by atoms with van der Waals surface area (Å²) < 4.78 is 0. The summed E-state index contributed by atoms with van der Waals surface area (Å²) in [7, 11) is 0. The van der Waals surface area contributed by atoms with Gasteiger partial charge >= 0.3 is 0 Å². The molecular weight excluding hydrogens is 340 g/mol. The number of carbonyl (C=O) groups is 1. The largest absolute Gasteiger partial charge is 0.367 e. The number of nitrogens with one attached hydrogen (secondary N) is 1. The highest BCUT2D eigenvalue weighted by Crippen LogP contribution is 2.43. The van der Waals surface area contributed by atoms with Crippen LogP contribution in [0.1, 0.15) is 32.4 Å². The number of aromatic nitrogens is 4. The van der Waals surface area contributed by atoms with Gasteiger partial charge in [-0.25, -0.2) is 9.97 Å². The molecule has 1 aliphatic carbocycles. The first-order valence-electron chi connectivity index (χ1n) is 9.16. The Labute approximate surface area is 156 Å². The zero-order chi connectivity index (χ0) is 18.6. The van der Waals surface area contributed by atoms with Crippen LogP contribution in [0, 0.1) is 0 Å². The zero-order valence-electron chi connectivity index (χ0n) is 15.3. The summed E-state index contributed by atoms with van der Waals surface area (Å²) in [6.45, 7) is 3.84. The molecule has 0 saturated heterocycles. The van der Waals surface area contributed by atoms with Gasteiger partial charge in [0.25, 0.3) is 0 Å². The predicted octanol–water partition coefficient (Wildman–Crippen LogP) is 2.69. The summed E-state index contributed by atoms with van der Waals surface area (Å²) >= 11 is 0. The maximum absolute atomic E-state index is 12.9. The van der Waals surface area contributed by atoms with E-state index in [0.717, 1.165) is 35.3 Å². The number of nitrogens with zero attached hydrogens (tertiary/aromatic N) is 5. The molecule has 0 radical (unpaired) electrons. The van der Waals surface area contributed by atoms with Gasteiger partial charge in [-0.1, -0.05) is 0 Å². The van der Waals surface area contributed by atoms with E-state index >= 15 is 0 Å². The number of amides is 1. The normalized spacial score (nSPS) is 23.2. The van der Waals surface area contributed by atoms with Crippen LogP contribution in [0.4, 0.5) is 11.6 Å². The Bertz CT molecular complexity index is 1040. The van der Waals surface area contributed by atoms with E-state index in [4.69, 9.17) is 0 Å². The van der Waals surface area contributed by atoms with Gasteiger partial charge in [-0.15, -0.1) is 0 Å². The third kappa shape index (κ3) is 2.45. The Morgan fingerprint density at radius 1 is 1.11 bits per heavy atom. The smallest absolute Gasteiger partial charge is 0.240 e. The van der Waals surface area contributed by atoms with Crippen molar-refractivity contribution in [2.45, 2.75) is 44.2 Å². The van der Waals surface area contributed by atoms with Crippen LogP contribution in [0.3, 0.4) is 0 Å². The summed E-state index contributed by atoms with van der Waals surface area (Å²) in [6, 6.07) is 6.41. The molecular formula is C20H20N6O. The minimum atomic E-state index is -0.616. The first-order valence-corrected chi connectivity index (χ1v) is 9.16. The molecule has 27 heavy (non-hydrogen) atoms. The molecule has 0 unspecified atom stereocenters. The molecule has 0 bridgehead atoms. The Balaban J connectivity index is 1.31. The van der Waals surface area contributed by atoms with E-state index in [0.29, 0.717) is 5.82 Å². The van der Waals surface area contributed by atoms with Crippen molar-refractivity contribution in [1.29, 1.82) is 0 Å². The summed E-state index contributed by atoms with van der Waals surface area (Å²) in [5.41, 5.74) is 1.03. The van der Waals surface area contributed by atoms with Gasteiger partial charge in [-0.2, -0.15) is 0 Å². The number of hydrogen-bond acceptors (Lipinski definition) is 6. The van der Waals surface area contributed by atoms with Crippen molar-refractivity contribution in [1.82, 2.24) is 19.9 Å². The van der Waals surface area contributed by atoms with Gasteiger partial charge in [-0.3, -0.25) is 19.7 Å². The van der Waals surface area contributed by atoms with E-state index < -0.39 is 5.41 Å². The number of fused-ring (bicyclic) bond motifs is 2. The summed E-state index contributed by atoms with van der Waals surface area (Å²) in [4.78, 5) is 32.4. The number of pyridine rings is 2. The van der Waals surface area contributed by atoms with E-state index in [9.17, 15) is 4.79 Å². The molecule has 3 aromatic rings. The molecule has 5 rings (SSSR count). The Morgan fingerprint density at radius 3 is 2.78 bits per heavy atom. The van der Waals surface area contributed by atoms with E-state index in [1.807, 2.05) is 36.9 Å². The maximum atomic E-state index is 12.9. The predicted molar refractivity (Wildman–Crippen MR) is 103 cm³/mol. The highest BCUT2D eigenvalue weighted by molar-refractivity contribution is 6.06. The van der Waals surface area contributed by atoms with Crippen LogP contribution in [0.2, 0.25) is 0 Å². The molecule has 3 aromatic heterocycles. The molecule has 1 fully saturated rings. The van der Waals surface area contributed by atoms with Gasteiger partial charge in [0.2, 0.25) is 5.91 Å². The van der Waals surface area contributed by atoms with Crippen LogP contribution in [0.25, 0.3) is 10.9 Å². The van der Waals surface area contributed by atoms with Crippen LogP contribution < -0.4 is 10.2 Å². The van der Waals surface area contributed by atoms with Gasteiger partial charge < -0.3 is 5.32 Å². The van der Waals surface area contributed by atoms with Crippen molar-refractivity contribution in [3.63, 3.8) is 0 Å². The Hall–Kier alpha value is -3.09. The van der Waals surface area contributed by atoms with Crippen molar-refractivity contribution in [2.24, 2.45) is 0 Å². The zero-order valence-corrected chi connectivity index (χ0v) is 15.3. The number of anilines is 2. The Kier molecular flexibility index (Phi) is 3.40. The molecule has 4 heterocycles. The van der Waals surface area contributed by atoms with E-state index in [2.05, 4.69) is 25.3 Å². The lowest BCUT2D eigenvalue weighted by Crippen LogP contribution is -2.53. The van der Waals surface area contributed by atoms with Crippen LogP contribution >= 0.6 is 0 Å². The number of hydrogen-bond donors (Lipinski definition) is 1. The first kappa shape index (κ1) is 16.1. The summed E-state index contributed by atoms with van der Waals surface area (Å²) in [5, 5.41) is 4.54. The van der Waals surface area contributed by atoms with Crippen molar-refractivity contribution < 1.29 is 4.79 Å². The van der Waals surface area contributed by atoms with Gasteiger partial charge in [0.15, 0.2) is 5.82 Å². The number of rotatable bonds is 3. The summed E-state index contributed by atoms with van der Waals surface area (Å²) in [6.07, 6.45) is 8.58. The van der Waals surface area contributed by atoms with Gasteiger partial charge in [-0.05, 0) is 44.9 Å². The van der Waals surface area contributed by atoms with E-state index in [1.165, 1.54) is 0 Å². The van der Waals surface area contributed by atoms with E-state index in [1.54, 1.807) is 24.8 Å². The fourth-order valence-corrected chi connectivity index (χ4v) is 3.96. The molecule has 136 valence electrons. The van der Waals surface area contributed by atoms with Gasteiger partial charge in [0.1, 0.15) is 5.82 Å². The lowest BCUT2D eigenvalue weighted by Gasteiger charge is -2.41. The molecule has 0 atom stereocenters. The van der Waals surface area contributed by atoms with Crippen molar-refractivity contribution in [2.75, 3.05) is 10.2 Å². The van der Waals surface area contributed by atoms with Crippen LogP contribution in [0.5, 0.6) is 0 Å². The van der Waals surface area contributed by atoms with Crippen LogP contribution in [-0.2, 0) is 10.2 Å². The molecule has 1 amide bonds. The highest BCUT2D eigenvalue weighted by atomic mass is 16.2. The number of carbonyl (C=O) groups excluding carboxylic acids is 1. The fourth-order valence-electron chi connectivity index (χ4n) is 3.96. The second kappa shape index (κ2) is 5.70. The standard InChI is InChI=1S/C20H20N6O/c1-20(2)17-18(23-8-7-22-17)26(19(20)27)14-9-13(10-14)24-16-4-3-12-5-6-21-11-15(12)25-16/h3-8,11,13-14H,9-10H2,1-2H3,(H,24,25)/t13-,14-. The molecule has 7 nitrogen and oxygen atoms in total. The fraction of sp³-hybridized carbons (Fsp3) is 0.350. The average Bonchev–Trinajstić information content (AvgIpc) is 2.85. The minimum absolute atomic E-state index is 0.0852. The molecule has 2 aliphatic rings. The SMILES string of the molecule is CC1(C)C(=O)N([C@H]2C[C@H](Nc3ccc4ccncc4n3)C2)c2nccnc21. The van der Waals surface area contributed by atoms with Crippen LogP contribution in [0.15, 0.2) is 43.0 Å². The molecule has 0 aromatic carbocycles. The lowest BCUT2D eigenvalue weighted by molar-refractivity contribution is -0.123. The van der Waals surface area contributed by atoms with Crippen molar-refractivity contribution >= 4 is 28.4 Å². The van der Waals surface area contributed by atoms with Crippen molar-refractivity contribution in [3.05, 3.63) is 48.7 Å². The quantitative estimate of drug-likeness (QED) is 0.773. The monoisotopic (exact) mass is 360 g/mol. The highest BCUT2D eigenvalue weighted by Gasteiger charge is 2.51. The molecule has 1 N–H and O–H groups in total. The third-order valence-corrected chi connectivity index (χ3v) is 5.58. The van der Waals surface area contributed by atoms with E-state index in [-0.39, 0.29) is 18.0 Å². The lowest BCUT2D eigenvalue weighted by atomic mass is 9.84. The second-order valence-corrected chi connectivity index (χ2v) is 7.76. The first-order chi connectivity index (χ1) is 13.0. The summed E-state index contributed by atoms with van der Waals surface area (Å²) in [5.74, 6) is 1.64. The Morgan fingerprint density at radius 2 is 1.93 bits per heavy atom. The minimum Gasteiger partial charge on any atom is -0.367 e. The maximum Gasteiger partial charge on any atom is 0.240 e. The molecule has 1 saturated carbocycles. The molecule has 0 spiro atoms. The van der Waals surface area contributed by atoms with Gasteiger partial charge in [0, 0.05) is 36.1 Å². The third-order valence-electron chi connectivity index (χ3n) is 5.58. The van der Waals surface area contributed by atoms with Gasteiger partial charge in [0.05, 0.1) is 22.8 Å². The van der Waals surface area contributed by atoms with Crippen molar-refractivity contribution in [3.8, 4) is 0 Å². The second-order valence-electron chi connectivity index (χ2n) is 7.76. The average molecular weight is 360 g/mol.